The van der Waals surface area contributed by atoms with Crippen molar-refractivity contribution in [1.82, 2.24) is 16.0 Å². The molecule has 2 aromatic carbocycles. The van der Waals surface area contributed by atoms with Crippen molar-refractivity contribution in [3.8, 4) is 0 Å². The Morgan fingerprint density at radius 1 is 0.838 bits per heavy atom. The minimum absolute atomic E-state index is 0.0382. The maximum absolute atomic E-state index is 13.0. The van der Waals surface area contributed by atoms with Gasteiger partial charge < -0.3 is 25.4 Å². The summed E-state index contributed by atoms with van der Waals surface area (Å²) in [5.41, 5.74) is 1.79. The van der Waals surface area contributed by atoms with Crippen LogP contribution >= 0.6 is 0 Å². The van der Waals surface area contributed by atoms with Gasteiger partial charge in [0.1, 0.15) is 12.6 Å². The lowest BCUT2D eigenvalue weighted by molar-refractivity contribution is -0.144. The molecule has 0 fully saturated rings. The lowest BCUT2D eigenvalue weighted by Crippen LogP contribution is -2.47. The molecule has 2 atom stereocenters. The summed E-state index contributed by atoms with van der Waals surface area (Å²) < 4.78 is 10.1. The SMILES string of the molecule is CCOC(=O)CCC(=O)NCCCC[C@H](NC(=O)OCc1ccccc1)C(=O)N[C@H](C)c1ccccc1. The van der Waals surface area contributed by atoms with Gasteiger partial charge in [-0.3, -0.25) is 14.4 Å². The van der Waals surface area contributed by atoms with Crippen LogP contribution in [0.3, 0.4) is 0 Å². The third kappa shape index (κ3) is 12.1. The molecule has 0 aliphatic heterocycles. The quantitative estimate of drug-likeness (QED) is 0.247. The Labute approximate surface area is 218 Å². The fraction of sp³-hybridized carbons (Fsp3) is 0.429. The molecule has 0 heterocycles. The maximum atomic E-state index is 13.0. The summed E-state index contributed by atoms with van der Waals surface area (Å²) in [4.78, 5) is 48.7. The third-order valence-corrected chi connectivity index (χ3v) is 5.58. The Morgan fingerprint density at radius 3 is 2.19 bits per heavy atom. The van der Waals surface area contributed by atoms with E-state index in [9.17, 15) is 19.2 Å². The Morgan fingerprint density at radius 2 is 1.51 bits per heavy atom. The molecule has 0 aliphatic carbocycles. The first-order valence-electron chi connectivity index (χ1n) is 12.6. The summed E-state index contributed by atoms with van der Waals surface area (Å²) >= 11 is 0. The molecule has 37 heavy (non-hydrogen) atoms. The molecule has 0 saturated carbocycles. The van der Waals surface area contributed by atoms with Gasteiger partial charge in [0.05, 0.1) is 19.1 Å². The molecule has 9 heteroatoms. The van der Waals surface area contributed by atoms with Crippen molar-refractivity contribution >= 4 is 23.9 Å². The molecule has 3 N–H and O–H groups in total. The number of amides is 3. The van der Waals surface area contributed by atoms with Crippen molar-refractivity contribution in [1.29, 1.82) is 0 Å². The molecule has 2 rings (SSSR count). The highest BCUT2D eigenvalue weighted by atomic mass is 16.5. The van der Waals surface area contributed by atoms with Crippen LogP contribution in [0.4, 0.5) is 4.79 Å². The lowest BCUT2D eigenvalue weighted by Gasteiger charge is -2.21. The molecule has 2 aromatic rings. The number of esters is 1. The molecule has 0 saturated heterocycles. The molecular formula is C28H37N3O6. The number of ether oxygens (including phenoxy) is 2. The average Bonchev–Trinajstić information content (AvgIpc) is 2.91. The Bertz CT molecular complexity index is 984. The van der Waals surface area contributed by atoms with Crippen molar-refractivity contribution in [2.45, 2.75) is 64.6 Å². The van der Waals surface area contributed by atoms with Crippen molar-refractivity contribution in [2.24, 2.45) is 0 Å². The van der Waals surface area contributed by atoms with E-state index in [-0.39, 0.29) is 43.9 Å². The zero-order valence-electron chi connectivity index (χ0n) is 21.5. The van der Waals surface area contributed by atoms with E-state index in [4.69, 9.17) is 9.47 Å². The first-order chi connectivity index (χ1) is 17.9. The van der Waals surface area contributed by atoms with E-state index >= 15 is 0 Å². The zero-order valence-corrected chi connectivity index (χ0v) is 21.5. The first kappa shape index (κ1) is 29.4. The fourth-order valence-electron chi connectivity index (χ4n) is 3.55. The van der Waals surface area contributed by atoms with Gasteiger partial charge in [-0.15, -0.1) is 0 Å². The van der Waals surface area contributed by atoms with E-state index < -0.39 is 18.1 Å². The van der Waals surface area contributed by atoms with Crippen LogP contribution in [-0.4, -0.2) is 43.1 Å². The van der Waals surface area contributed by atoms with Gasteiger partial charge in [0.25, 0.3) is 0 Å². The van der Waals surface area contributed by atoms with Crippen molar-refractivity contribution in [3.63, 3.8) is 0 Å². The van der Waals surface area contributed by atoms with Crippen LogP contribution in [0, 0.1) is 0 Å². The molecule has 0 aromatic heterocycles. The molecular weight excluding hydrogens is 474 g/mol. The summed E-state index contributed by atoms with van der Waals surface area (Å²) in [5.74, 6) is -0.949. The molecule has 200 valence electrons. The van der Waals surface area contributed by atoms with E-state index in [1.165, 1.54) is 0 Å². The van der Waals surface area contributed by atoms with Gasteiger partial charge in [-0.2, -0.15) is 0 Å². The van der Waals surface area contributed by atoms with E-state index in [0.717, 1.165) is 11.1 Å². The lowest BCUT2D eigenvalue weighted by atomic mass is 10.1. The Balaban J connectivity index is 1.84. The summed E-state index contributed by atoms with van der Waals surface area (Å²) in [5, 5.41) is 8.38. The number of hydrogen-bond donors (Lipinski definition) is 3. The van der Waals surface area contributed by atoms with Crippen LogP contribution in [0.5, 0.6) is 0 Å². The predicted octanol–water partition coefficient (Wildman–Crippen LogP) is 3.79. The Hall–Kier alpha value is -3.88. The zero-order chi connectivity index (χ0) is 26.9. The largest absolute Gasteiger partial charge is 0.466 e. The van der Waals surface area contributed by atoms with Crippen LogP contribution in [0.25, 0.3) is 0 Å². The number of alkyl carbamates (subject to hydrolysis) is 1. The van der Waals surface area contributed by atoms with Crippen LogP contribution < -0.4 is 16.0 Å². The third-order valence-electron chi connectivity index (χ3n) is 5.58. The topological polar surface area (TPSA) is 123 Å². The van der Waals surface area contributed by atoms with Crippen molar-refractivity contribution < 1.29 is 28.7 Å². The van der Waals surface area contributed by atoms with Crippen LogP contribution in [0.1, 0.15) is 63.1 Å². The van der Waals surface area contributed by atoms with E-state index in [1.54, 1.807) is 6.92 Å². The second kappa shape index (κ2) is 16.7. The summed E-state index contributed by atoms with van der Waals surface area (Å²) in [6.45, 7) is 4.37. The van der Waals surface area contributed by atoms with Gasteiger partial charge in [-0.05, 0) is 44.2 Å². The van der Waals surface area contributed by atoms with Gasteiger partial charge in [0, 0.05) is 13.0 Å². The molecule has 9 nitrogen and oxygen atoms in total. The second-order valence-corrected chi connectivity index (χ2v) is 8.55. The van der Waals surface area contributed by atoms with Crippen molar-refractivity contribution in [3.05, 3.63) is 71.8 Å². The summed E-state index contributed by atoms with van der Waals surface area (Å²) in [6.07, 6.45) is 0.973. The summed E-state index contributed by atoms with van der Waals surface area (Å²) in [7, 11) is 0. The maximum Gasteiger partial charge on any atom is 0.408 e. The van der Waals surface area contributed by atoms with E-state index in [1.807, 2.05) is 67.6 Å². The minimum atomic E-state index is -0.797. The number of unbranched alkanes of at least 4 members (excludes halogenated alkanes) is 1. The molecule has 0 spiro atoms. The average molecular weight is 512 g/mol. The highest BCUT2D eigenvalue weighted by molar-refractivity contribution is 5.86. The molecule has 3 amide bonds. The van der Waals surface area contributed by atoms with Gasteiger partial charge >= 0.3 is 12.1 Å². The minimum Gasteiger partial charge on any atom is -0.466 e. The van der Waals surface area contributed by atoms with Crippen molar-refractivity contribution in [2.75, 3.05) is 13.2 Å². The molecule has 0 unspecified atom stereocenters. The highest BCUT2D eigenvalue weighted by Crippen LogP contribution is 2.12. The number of hydrogen-bond acceptors (Lipinski definition) is 6. The number of nitrogens with one attached hydrogen (secondary N) is 3. The van der Waals surface area contributed by atoms with Gasteiger partial charge in [0.15, 0.2) is 0 Å². The molecule has 0 radical (unpaired) electrons. The smallest absolute Gasteiger partial charge is 0.408 e. The monoisotopic (exact) mass is 511 g/mol. The van der Waals surface area contributed by atoms with E-state index in [0.29, 0.717) is 25.8 Å². The predicted molar refractivity (Wildman–Crippen MR) is 139 cm³/mol. The summed E-state index contributed by atoms with van der Waals surface area (Å²) in [6, 6.07) is 17.8. The van der Waals surface area contributed by atoms with Gasteiger partial charge in [-0.1, -0.05) is 60.7 Å². The standard InChI is InChI=1S/C28H37N3O6/c1-3-36-26(33)18-17-25(32)29-19-11-10-16-24(27(34)30-21(2)23-14-8-5-9-15-23)31-28(35)37-20-22-12-6-4-7-13-22/h4-9,12-15,21,24H,3,10-11,16-20H2,1-2H3,(H,29,32)(H,30,34)(H,31,35)/t21-,24+/m1/s1. The van der Waals surface area contributed by atoms with Crippen LogP contribution in [-0.2, 0) is 30.5 Å². The first-order valence-corrected chi connectivity index (χ1v) is 12.6. The molecule has 0 bridgehead atoms. The van der Waals surface area contributed by atoms with Crippen LogP contribution in [0.15, 0.2) is 60.7 Å². The number of rotatable bonds is 15. The van der Waals surface area contributed by atoms with Crippen LogP contribution in [0.2, 0.25) is 0 Å². The number of benzene rings is 2. The number of carbonyl (C=O) groups excluding carboxylic acids is 4. The Kier molecular flexibility index (Phi) is 13.3. The van der Waals surface area contributed by atoms with Gasteiger partial charge in [-0.25, -0.2) is 4.79 Å². The second-order valence-electron chi connectivity index (χ2n) is 8.55. The van der Waals surface area contributed by atoms with Gasteiger partial charge in [0.2, 0.25) is 11.8 Å². The molecule has 0 aliphatic rings. The number of carbonyl (C=O) groups is 4. The van der Waals surface area contributed by atoms with E-state index in [2.05, 4.69) is 16.0 Å². The normalized spacial score (nSPS) is 12.1. The highest BCUT2D eigenvalue weighted by Gasteiger charge is 2.23. The fourth-order valence-corrected chi connectivity index (χ4v) is 3.55.